The predicted octanol–water partition coefficient (Wildman–Crippen LogP) is 4.29. The van der Waals surface area contributed by atoms with Crippen molar-refractivity contribution in [3.05, 3.63) is 58.6 Å². The fourth-order valence-corrected chi connectivity index (χ4v) is 3.29. The van der Waals surface area contributed by atoms with Crippen LogP contribution in [-0.2, 0) is 9.59 Å². The molecule has 7 heteroatoms. The second kappa shape index (κ2) is 10.2. The van der Waals surface area contributed by atoms with E-state index in [0.717, 1.165) is 20.6 Å². The van der Waals surface area contributed by atoms with Crippen LogP contribution < -0.4 is 10.1 Å². The van der Waals surface area contributed by atoms with Crippen LogP contribution in [0.15, 0.2) is 57.9 Å². The average Bonchev–Trinajstić information content (AvgIpc) is 2.66. The van der Waals surface area contributed by atoms with E-state index >= 15 is 0 Å². The molecule has 5 nitrogen and oxygen atoms in total. The van der Waals surface area contributed by atoms with E-state index in [2.05, 4.69) is 21.2 Å². The standard InChI is InChI=1S/C20H21BrN2O3S/c1-23(13-19(24)22-16-6-4-5-7-18(16)27-3)20(25)11-8-14-12-15(21)9-10-17(14)26-2/h4-12H,13H2,1-3H3,(H,22,24)/b11-8+. The summed E-state index contributed by atoms with van der Waals surface area (Å²) < 4.78 is 6.17. The number of anilines is 1. The molecular weight excluding hydrogens is 428 g/mol. The van der Waals surface area contributed by atoms with Gasteiger partial charge in [0.1, 0.15) is 5.75 Å². The Kier molecular flexibility index (Phi) is 7.94. The van der Waals surface area contributed by atoms with Gasteiger partial charge in [-0.15, -0.1) is 11.8 Å². The van der Waals surface area contributed by atoms with Gasteiger partial charge in [-0.05, 0) is 42.7 Å². The first-order valence-corrected chi connectivity index (χ1v) is 10.2. The van der Waals surface area contributed by atoms with E-state index in [0.29, 0.717) is 5.75 Å². The molecule has 1 N–H and O–H groups in total. The van der Waals surface area contributed by atoms with Crippen molar-refractivity contribution in [3.8, 4) is 5.75 Å². The zero-order chi connectivity index (χ0) is 19.8. The third-order valence-electron chi connectivity index (χ3n) is 3.74. The molecule has 0 fully saturated rings. The first-order chi connectivity index (χ1) is 12.9. The van der Waals surface area contributed by atoms with Crippen LogP contribution in [0.3, 0.4) is 0 Å². The fraction of sp³-hybridized carbons (Fsp3) is 0.200. The number of para-hydroxylation sites is 1. The Bertz CT molecular complexity index is 855. The number of carbonyl (C=O) groups excluding carboxylic acids is 2. The number of carbonyl (C=O) groups is 2. The molecule has 0 aliphatic heterocycles. The Morgan fingerprint density at radius 3 is 2.70 bits per heavy atom. The number of ether oxygens (including phenoxy) is 1. The van der Waals surface area contributed by atoms with Gasteiger partial charge in [0.05, 0.1) is 19.3 Å². The van der Waals surface area contributed by atoms with Crippen LogP contribution in [-0.4, -0.2) is 43.7 Å². The summed E-state index contributed by atoms with van der Waals surface area (Å²) in [4.78, 5) is 26.9. The number of halogens is 1. The van der Waals surface area contributed by atoms with E-state index in [4.69, 9.17) is 4.74 Å². The molecule has 2 amide bonds. The van der Waals surface area contributed by atoms with E-state index < -0.39 is 0 Å². The fourth-order valence-electron chi connectivity index (χ4n) is 2.35. The van der Waals surface area contributed by atoms with E-state index in [9.17, 15) is 9.59 Å². The van der Waals surface area contributed by atoms with Crippen molar-refractivity contribution in [2.45, 2.75) is 4.90 Å². The number of nitrogens with one attached hydrogen (secondary N) is 1. The maximum atomic E-state index is 12.3. The molecule has 2 aromatic carbocycles. The van der Waals surface area contributed by atoms with Crippen molar-refractivity contribution < 1.29 is 14.3 Å². The minimum absolute atomic E-state index is 0.0402. The number of rotatable bonds is 7. The van der Waals surface area contributed by atoms with Crippen LogP contribution in [0.1, 0.15) is 5.56 Å². The maximum absolute atomic E-state index is 12.3. The van der Waals surface area contributed by atoms with Gasteiger partial charge in [0.2, 0.25) is 11.8 Å². The number of nitrogens with zero attached hydrogens (tertiary/aromatic N) is 1. The van der Waals surface area contributed by atoms with Crippen molar-refractivity contribution in [3.63, 3.8) is 0 Å². The van der Waals surface area contributed by atoms with E-state index in [1.165, 1.54) is 11.0 Å². The summed E-state index contributed by atoms with van der Waals surface area (Å²) in [5, 5.41) is 2.84. The highest BCUT2D eigenvalue weighted by atomic mass is 79.9. The first kappa shape index (κ1) is 21.1. The van der Waals surface area contributed by atoms with Crippen LogP contribution in [0, 0.1) is 0 Å². The molecule has 0 spiro atoms. The van der Waals surface area contributed by atoms with Gasteiger partial charge in [0, 0.05) is 28.1 Å². The molecule has 142 valence electrons. The summed E-state index contributed by atoms with van der Waals surface area (Å²) in [6, 6.07) is 13.1. The third-order valence-corrected chi connectivity index (χ3v) is 5.02. The van der Waals surface area contributed by atoms with Gasteiger partial charge in [0.15, 0.2) is 0 Å². The van der Waals surface area contributed by atoms with Gasteiger partial charge in [-0.2, -0.15) is 0 Å². The molecule has 27 heavy (non-hydrogen) atoms. The van der Waals surface area contributed by atoms with E-state index in [-0.39, 0.29) is 18.4 Å². The number of hydrogen-bond acceptors (Lipinski definition) is 4. The lowest BCUT2D eigenvalue weighted by Crippen LogP contribution is -2.33. The Balaban J connectivity index is 1.99. The van der Waals surface area contributed by atoms with Gasteiger partial charge in [-0.25, -0.2) is 0 Å². The second-order valence-corrected chi connectivity index (χ2v) is 7.43. The molecule has 0 radical (unpaired) electrons. The van der Waals surface area contributed by atoms with Gasteiger partial charge >= 0.3 is 0 Å². The molecule has 0 aliphatic rings. The summed E-state index contributed by atoms with van der Waals surface area (Å²) in [5.41, 5.74) is 1.51. The SMILES string of the molecule is COc1ccc(Br)cc1/C=C/C(=O)N(C)CC(=O)Nc1ccccc1SC. The average molecular weight is 449 g/mol. The Hall–Kier alpha value is -2.25. The number of likely N-dealkylation sites (N-methyl/N-ethyl adjacent to an activating group) is 1. The predicted molar refractivity (Wildman–Crippen MR) is 114 cm³/mol. The quantitative estimate of drug-likeness (QED) is 0.506. The molecule has 2 aromatic rings. The molecule has 0 aromatic heterocycles. The monoisotopic (exact) mass is 448 g/mol. The third kappa shape index (κ3) is 6.15. The summed E-state index contributed by atoms with van der Waals surface area (Å²) in [6.07, 6.45) is 5.04. The smallest absolute Gasteiger partial charge is 0.246 e. The van der Waals surface area contributed by atoms with Crippen molar-refractivity contribution >= 4 is 51.3 Å². The molecular formula is C20H21BrN2O3S. The molecule has 2 rings (SSSR count). The lowest BCUT2D eigenvalue weighted by Gasteiger charge is -2.16. The topological polar surface area (TPSA) is 58.6 Å². The van der Waals surface area contributed by atoms with Crippen LogP contribution in [0.4, 0.5) is 5.69 Å². The van der Waals surface area contributed by atoms with Crippen LogP contribution in [0.2, 0.25) is 0 Å². The van der Waals surface area contributed by atoms with Gasteiger partial charge < -0.3 is 15.0 Å². The summed E-state index contributed by atoms with van der Waals surface area (Å²) in [5.74, 6) is 0.141. The molecule has 0 atom stereocenters. The number of thioether (sulfide) groups is 1. The van der Waals surface area contributed by atoms with Crippen molar-refractivity contribution in [2.24, 2.45) is 0 Å². The number of amides is 2. The Morgan fingerprint density at radius 1 is 1.26 bits per heavy atom. The van der Waals surface area contributed by atoms with Gasteiger partial charge in [-0.1, -0.05) is 28.1 Å². The Labute approximate surface area is 171 Å². The molecule has 0 bridgehead atoms. The highest BCUT2D eigenvalue weighted by molar-refractivity contribution is 9.10. The summed E-state index contributed by atoms with van der Waals surface area (Å²) in [6.45, 7) is -0.0402. The summed E-state index contributed by atoms with van der Waals surface area (Å²) >= 11 is 4.95. The number of benzene rings is 2. The minimum atomic E-state index is -0.273. The largest absolute Gasteiger partial charge is 0.496 e. The number of hydrogen-bond donors (Lipinski definition) is 1. The zero-order valence-electron chi connectivity index (χ0n) is 15.4. The Morgan fingerprint density at radius 2 is 2.00 bits per heavy atom. The van der Waals surface area contributed by atoms with Crippen molar-refractivity contribution in [2.75, 3.05) is 32.3 Å². The highest BCUT2D eigenvalue weighted by Crippen LogP contribution is 2.25. The van der Waals surface area contributed by atoms with Crippen LogP contribution in [0.5, 0.6) is 5.75 Å². The zero-order valence-corrected chi connectivity index (χ0v) is 17.8. The second-order valence-electron chi connectivity index (χ2n) is 5.66. The van der Waals surface area contributed by atoms with Crippen molar-refractivity contribution in [1.82, 2.24) is 4.90 Å². The normalized spacial score (nSPS) is 10.7. The first-order valence-electron chi connectivity index (χ1n) is 8.14. The maximum Gasteiger partial charge on any atom is 0.246 e. The molecule has 0 heterocycles. The molecule has 0 aliphatic carbocycles. The summed E-state index contributed by atoms with van der Waals surface area (Å²) in [7, 11) is 3.16. The van der Waals surface area contributed by atoms with Crippen LogP contribution >= 0.6 is 27.7 Å². The lowest BCUT2D eigenvalue weighted by molar-refractivity contribution is -0.129. The van der Waals surface area contributed by atoms with Crippen molar-refractivity contribution in [1.29, 1.82) is 0 Å². The van der Waals surface area contributed by atoms with E-state index in [1.807, 2.05) is 48.7 Å². The highest BCUT2D eigenvalue weighted by Gasteiger charge is 2.12. The molecule has 0 saturated carbocycles. The van der Waals surface area contributed by atoms with Gasteiger partial charge in [0.25, 0.3) is 0 Å². The lowest BCUT2D eigenvalue weighted by atomic mass is 10.2. The number of methoxy groups -OCH3 is 1. The van der Waals surface area contributed by atoms with Gasteiger partial charge in [-0.3, -0.25) is 9.59 Å². The molecule has 0 unspecified atom stereocenters. The van der Waals surface area contributed by atoms with Crippen LogP contribution in [0.25, 0.3) is 6.08 Å². The molecule has 0 saturated heterocycles. The minimum Gasteiger partial charge on any atom is -0.496 e. The van der Waals surface area contributed by atoms with E-state index in [1.54, 1.807) is 32.0 Å².